The first kappa shape index (κ1) is 11.9. The summed E-state index contributed by atoms with van der Waals surface area (Å²) in [5, 5.41) is 8.42. The van der Waals surface area contributed by atoms with Gasteiger partial charge in [0.1, 0.15) is 0 Å². The molecule has 0 amide bonds. The maximum atomic E-state index is 6.07. The highest BCUT2D eigenvalue weighted by atomic mass is 35.5. The summed E-state index contributed by atoms with van der Waals surface area (Å²) in [7, 11) is 1.86. The van der Waals surface area contributed by atoms with E-state index in [9.17, 15) is 0 Å². The van der Waals surface area contributed by atoms with Crippen molar-refractivity contribution in [1.29, 1.82) is 0 Å². The third-order valence-electron chi connectivity index (χ3n) is 2.32. The largest absolute Gasteiger partial charge is 0.407 e. The minimum atomic E-state index is 0.243. The molecule has 5 nitrogen and oxygen atoms in total. The van der Waals surface area contributed by atoms with E-state index in [1.165, 1.54) is 0 Å². The van der Waals surface area contributed by atoms with Crippen molar-refractivity contribution in [2.24, 2.45) is 5.73 Å². The van der Waals surface area contributed by atoms with Crippen LogP contribution in [0.3, 0.4) is 0 Å². The predicted molar refractivity (Wildman–Crippen MR) is 65.7 cm³/mol. The van der Waals surface area contributed by atoms with Crippen molar-refractivity contribution in [3.05, 3.63) is 40.7 Å². The fourth-order valence-electron chi connectivity index (χ4n) is 1.43. The van der Waals surface area contributed by atoms with Crippen LogP contribution >= 0.6 is 11.6 Å². The first-order chi connectivity index (χ1) is 8.20. The lowest BCUT2D eigenvalue weighted by atomic mass is 10.2. The van der Waals surface area contributed by atoms with Crippen molar-refractivity contribution >= 4 is 17.6 Å². The molecule has 2 N–H and O–H groups in total. The van der Waals surface area contributed by atoms with Gasteiger partial charge in [-0.3, -0.25) is 0 Å². The third-order valence-corrected chi connectivity index (χ3v) is 2.69. The second-order valence-electron chi connectivity index (χ2n) is 3.63. The number of rotatable bonds is 4. The molecule has 0 fully saturated rings. The van der Waals surface area contributed by atoms with Crippen LogP contribution in [-0.4, -0.2) is 17.2 Å². The quantitative estimate of drug-likeness (QED) is 0.899. The summed E-state index contributed by atoms with van der Waals surface area (Å²) >= 11 is 6.07. The van der Waals surface area contributed by atoms with E-state index < -0.39 is 0 Å². The Hall–Kier alpha value is -1.59. The van der Waals surface area contributed by atoms with E-state index >= 15 is 0 Å². The SMILES string of the molecule is CN(Cc1ccccc1Cl)c1nnc(CN)o1. The molecule has 1 aromatic heterocycles. The maximum absolute atomic E-state index is 6.07. The second kappa shape index (κ2) is 5.16. The van der Waals surface area contributed by atoms with Gasteiger partial charge in [0.2, 0.25) is 5.89 Å². The van der Waals surface area contributed by atoms with Gasteiger partial charge in [-0.1, -0.05) is 34.9 Å². The van der Waals surface area contributed by atoms with Crippen LogP contribution in [0.5, 0.6) is 0 Å². The lowest BCUT2D eigenvalue weighted by Gasteiger charge is -2.14. The summed E-state index contributed by atoms with van der Waals surface area (Å²) < 4.78 is 5.34. The van der Waals surface area contributed by atoms with Crippen LogP contribution in [0.15, 0.2) is 28.7 Å². The van der Waals surface area contributed by atoms with Gasteiger partial charge in [0.25, 0.3) is 0 Å². The minimum Gasteiger partial charge on any atom is -0.407 e. The molecule has 0 unspecified atom stereocenters. The fraction of sp³-hybridized carbons (Fsp3) is 0.273. The highest BCUT2D eigenvalue weighted by Gasteiger charge is 2.11. The summed E-state index contributed by atoms with van der Waals surface area (Å²) in [6, 6.07) is 8.08. The Balaban J connectivity index is 2.11. The minimum absolute atomic E-state index is 0.243. The molecule has 0 bridgehead atoms. The van der Waals surface area contributed by atoms with Gasteiger partial charge in [-0.15, -0.1) is 5.10 Å². The molecule has 0 aliphatic heterocycles. The highest BCUT2D eigenvalue weighted by Crippen LogP contribution is 2.19. The van der Waals surface area contributed by atoms with Crippen molar-refractivity contribution in [3.8, 4) is 0 Å². The van der Waals surface area contributed by atoms with E-state index in [-0.39, 0.29) is 6.54 Å². The molecule has 0 saturated heterocycles. The number of halogens is 1. The van der Waals surface area contributed by atoms with Gasteiger partial charge < -0.3 is 15.1 Å². The molecule has 2 aromatic rings. The topological polar surface area (TPSA) is 68.2 Å². The second-order valence-corrected chi connectivity index (χ2v) is 4.04. The maximum Gasteiger partial charge on any atom is 0.318 e. The van der Waals surface area contributed by atoms with Gasteiger partial charge in [-0.25, -0.2) is 0 Å². The normalized spacial score (nSPS) is 10.5. The Bertz CT molecular complexity index is 500. The molecule has 0 saturated carbocycles. The van der Waals surface area contributed by atoms with Crippen molar-refractivity contribution in [2.75, 3.05) is 11.9 Å². The van der Waals surface area contributed by atoms with Crippen molar-refractivity contribution in [3.63, 3.8) is 0 Å². The Morgan fingerprint density at radius 2 is 2.12 bits per heavy atom. The molecule has 0 atom stereocenters. The van der Waals surface area contributed by atoms with Crippen molar-refractivity contribution in [2.45, 2.75) is 13.1 Å². The molecule has 1 heterocycles. The first-order valence-electron chi connectivity index (χ1n) is 5.17. The zero-order valence-electron chi connectivity index (χ0n) is 9.43. The zero-order valence-corrected chi connectivity index (χ0v) is 10.2. The number of hydrogen-bond donors (Lipinski definition) is 1. The molecule has 0 aliphatic carbocycles. The van der Waals surface area contributed by atoms with E-state index in [0.717, 1.165) is 10.6 Å². The molecular formula is C11H13ClN4O. The Morgan fingerprint density at radius 3 is 2.76 bits per heavy atom. The predicted octanol–water partition coefficient (Wildman–Crippen LogP) is 1.82. The summed E-state index contributed by atoms with van der Waals surface area (Å²) in [4.78, 5) is 1.83. The van der Waals surface area contributed by atoms with Gasteiger partial charge in [-0.2, -0.15) is 0 Å². The van der Waals surface area contributed by atoms with Crippen LogP contribution in [0.2, 0.25) is 5.02 Å². The smallest absolute Gasteiger partial charge is 0.318 e. The number of aromatic nitrogens is 2. The molecule has 2 rings (SSSR count). The fourth-order valence-corrected chi connectivity index (χ4v) is 1.63. The summed E-state index contributed by atoms with van der Waals surface area (Å²) in [5.41, 5.74) is 6.41. The molecule has 90 valence electrons. The van der Waals surface area contributed by atoms with Gasteiger partial charge in [-0.05, 0) is 11.6 Å². The van der Waals surface area contributed by atoms with Gasteiger partial charge in [0.05, 0.1) is 6.54 Å². The molecule has 6 heteroatoms. The Labute approximate surface area is 104 Å². The first-order valence-corrected chi connectivity index (χ1v) is 5.55. The molecule has 0 aliphatic rings. The van der Waals surface area contributed by atoms with Crippen LogP contribution in [0.4, 0.5) is 6.01 Å². The van der Waals surface area contributed by atoms with Crippen LogP contribution < -0.4 is 10.6 Å². The van der Waals surface area contributed by atoms with Crippen LogP contribution in [-0.2, 0) is 13.1 Å². The number of benzene rings is 1. The highest BCUT2D eigenvalue weighted by molar-refractivity contribution is 6.31. The van der Waals surface area contributed by atoms with Crippen LogP contribution in [0, 0.1) is 0 Å². The van der Waals surface area contributed by atoms with Gasteiger partial charge in [0.15, 0.2) is 0 Å². The molecule has 0 spiro atoms. The van der Waals surface area contributed by atoms with E-state index in [1.54, 1.807) is 0 Å². The lowest BCUT2D eigenvalue weighted by Crippen LogP contribution is -2.16. The van der Waals surface area contributed by atoms with E-state index in [2.05, 4.69) is 10.2 Å². The molecule has 0 radical (unpaired) electrons. The van der Waals surface area contributed by atoms with Crippen LogP contribution in [0.25, 0.3) is 0 Å². The Kier molecular flexibility index (Phi) is 3.61. The summed E-state index contributed by atoms with van der Waals surface area (Å²) in [6.07, 6.45) is 0. The molecule has 1 aromatic carbocycles. The Morgan fingerprint density at radius 1 is 1.35 bits per heavy atom. The van der Waals surface area contributed by atoms with Crippen LogP contribution in [0.1, 0.15) is 11.5 Å². The van der Waals surface area contributed by atoms with Gasteiger partial charge >= 0.3 is 6.01 Å². The van der Waals surface area contributed by atoms with Crippen molar-refractivity contribution < 1.29 is 4.42 Å². The van der Waals surface area contributed by atoms with E-state index in [1.807, 2.05) is 36.2 Å². The summed E-state index contributed by atoms with van der Waals surface area (Å²) in [5.74, 6) is 0.422. The average molecular weight is 253 g/mol. The average Bonchev–Trinajstić information content (AvgIpc) is 2.81. The van der Waals surface area contributed by atoms with E-state index in [0.29, 0.717) is 18.5 Å². The summed E-state index contributed by atoms with van der Waals surface area (Å²) in [6.45, 7) is 0.846. The molecular weight excluding hydrogens is 240 g/mol. The monoisotopic (exact) mass is 252 g/mol. The van der Waals surface area contributed by atoms with E-state index in [4.69, 9.17) is 21.8 Å². The number of nitrogens with zero attached hydrogens (tertiary/aromatic N) is 3. The number of nitrogens with two attached hydrogens (primary N) is 1. The number of anilines is 1. The van der Waals surface area contributed by atoms with Crippen molar-refractivity contribution in [1.82, 2.24) is 10.2 Å². The number of hydrogen-bond acceptors (Lipinski definition) is 5. The lowest BCUT2D eigenvalue weighted by molar-refractivity contribution is 0.491. The standard InChI is InChI=1S/C11H13ClN4O/c1-16(11-15-14-10(6-13)17-11)7-8-4-2-3-5-9(8)12/h2-5H,6-7,13H2,1H3. The van der Waals surface area contributed by atoms with Gasteiger partial charge in [0, 0.05) is 18.6 Å². The third kappa shape index (κ3) is 2.75. The molecule has 17 heavy (non-hydrogen) atoms. The zero-order chi connectivity index (χ0) is 12.3.